The zero-order valence-electron chi connectivity index (χ0n) is 6.40. The topological polar surface area (TPSA) is 38.0 Å². The molecular formula is C8H12N2O. The molecule has 0 amide bonds. The molecule has 0 aliphatic rings. The molecular weight excluding hydrogens is 140 g/mol. The third kappa shape index (κ3) is 2.45. The number of hydrogen-bond donors (Lipinski definition) is 1. The SMILES string of the molecule is C=CCCCn1cc(O)cn1. The molecule has 0 saturated heterocycles. The summed E-state index contributed by atoms with van der Waals surface area (Å²) in [5.41, 5.74) is 0. The second-order valence-corrected chi connectivity index (χ2v) is 2.39. The summed E-state index contributed by atoms with van der Waals surface area (Å²) in [4.78, 5) is 0. The van der Waals surface area contributed by atoms with Crippen molar-refractivity contribution in [2.24, 2.45) is 0 Å². The minimum atomic E-state index is 0.226. The van der Waals surface area contributed by atoms with Gasteiger partial charge in [-0.15, -0.1) is 6.58 Å². The van der Waals surface area contributed by atoms with Crippen LogP contribution in [0, 0.1) is 0 Å². The average Bonchev–Trinajstić information content (AvgIpc) is 2.37. The highest BCUT2D eigenvalue weighted by molar-refractivity contribution is 5.08. The molecule has 3 nitrogen and oxygen atoms in total. The van der Waals surface area contributed by atoms with Gasteiger partial charge in [0.1, 0.15) is 0 Å². The van der Waals surface area contributed by atoms with Crippen molar-refractivity contribution in [1.29, 1.82) is 0 Å². The number of aromatic hydroxyl groups is 1. The van der Waals surface area contributed by atoms with Gasteiger partial charge in [0.2, 0.25) is 0 Å². The first-order valence-electron chi connectivity index (χ1n) is 3.65. The summed E-state index contributed by atoms with van der Waals surface area (Å²) >= 11 is 0. The third-order valence-electron chi connectivity index (χ3n) is 1.42. The van der Waals surface area contributed by atoms with Crippen molar-refractivity contribution >= 4 is 0 Å². The smallest absolute Gasteiger partial charge is 0.153 e. The molecule has 0 bridgehead atoms. The van der Waals surface area contributed by atoms with E-state index in [1.54, 1.807) is 10.9 Å². The van der Waals surface area contributed by atoms with Gasteiger partial charge in [-0.3, -0.25) is 4.68 Å². The van der Waals surface area contributed by atoms with E-state index in [1.807, 2.05) is 6.08 Å². The van der Waals surface area contributed by atoms with Crippen molar-refractivity contribution in [3.63, 3.8) is 0 Å². The summed E-state index contributed by atoms with van der Waals surface area (Å²) in [5.74, 6) is 0.226. The fraction of sp³-hybridized carbons (Fsp3) is 0.375. The van der Waals surface area contributed by atoms with Crippen LogP contribution < -0.4 is 0 Å². The van der Waals surface area contributed by atoms with E-state index in [1.165, 1.54) is 6.20 Å². The monoisotopic (exact) mass is 152 g/mol. The molecule has 0 atom stereocenters. The van der Waals surface area contributed by atoms with E-state index in [0.29, 0.717) is 0 Å². The summed E-state index contributed by atoms with van der Waals surface area (Å²) in [7, 11) is 0. The minimum absolute atomic E-state index is 0.226. The van der Waals surface area contributed by atoms with Crippen LogP contribution in [0.4, 0.5) is 0 Å². The second kappa shape index (κ2) is 3.81. The quantitative estimate of drug-likeness (QED) is 0.525. The van der Waals surface area contributed by atoms with Crippen molar-refractivity contribution in [2.75, 3.05) is 0 Å². The van der Waals surface area contributed by atoms with E-state index in [0.717, 1.165) is 19.4 Å². The molecule has 11 heavy (non-hydrogen) atoms. The maximum Gasteiger partial charge on any atom is 0.153 e. The van der Waals surface area contributed by atoms with Gasteiger partial charge in [-0.25, -0.2) is 0 Å². The van der Waals surface area contributed by atoms with Gasteiger partial charge in [0.25, 0.3) is 0 Å². The van der Waals surface area contributed by atoms with Crippen LogP contribution in [0.5, 0.6) is 5.75 Å². The van der Waals surface area contributed by atoms with Crippen molar-refractivity contribution in [3.05, 3.63) is 25.0 Å². The Labute approximate surface area is 66.0 Å². The van der Waals surface area contributed by atoms with E-state index in [2.05, 4.69) is 11.7 Å². The summed E-state index contributed by atoms with van der Waals surface area (Å²) in [6.07, 6.45) is 6.94. The van der Waals surface area contributed by atoms with Gasteiger partial charge in [-0.1, -0.05) is 6.08 Å². The fourth-order valence-electron chi connectivity index (χ4n) is 0.873. The molecule has 0 aromatic carbocycles. The van der Waals surface area contributed by atoms with Gasteiger partial charge in [-0.2, -0.15) is 5.10 Å². The molecule has 60 valence electrons. The van der Waals surface area contributed by atoms with Crippen LogP contribution in [-0.2, 0) is 6.54 Å². The molecule has 0 unspecified atom stereocenters. The Morgan fingerprint density at radius 1 is 1.73 bits per heavy atom. The first-order valence-corrected chi connectivity index (χ1v) is 3.65. The van der Waals surface area contributed by atoms with Gasteiger partial charge in [0, 0.05) is 6.54 Å². The number of nitrogens with zero attached hydrogens (tertiary/aromatic N) is 2. The van der Waals surface area contributed by atoms with Crippen LogP contribution in [0.25, 0.3) is 0 Å². The lowest BCUT2D eigenvalue weighted by molar-refractivity contribution is 0.473. The van der Waals surface area contributed by atoms with Crippen LogP contribution in [0.1, 0.15) is 12.8 Å². The summed E-state index contributed by atoms with van der Waals surface area (Å²) < 4.78 is 1.72. The zero-order valence-corrected chi connectivity index (χ0v) is 6.40. The molecule has 0 fully saturated rings. The maximum absolute atomic E-state index is 8.91. The Kier molecular flexibility index (Phi) is 2.72. The Hall–Kier alpha value is -1.25. The molecule has 1 N–H and O–H groups in total. The average molecular weight is 152 g/mol. The molecule has 1 heterocycles. The van der Waals surface area contributed by atoms with Gasteiger partial charge in [-0.05, 0) is 12.8 Å². The Morgan fingerprint density at radius 2 is 2.55 bits per heavy atom. The molecule has 0 aliphatic carbocycles. The third-order valence-corrected chi connectivity index (χ3v) is 1.42. The van der Waals surface area contributed by atoms with E-state index in [4.69, 9.17) is 5.11 Å². The minimum Gasteiger partial charge on any atom is -0.505 e. The Bertz CT molecular complexity index is 230. The normalized spacial score (nSPS) is 9.82. The van der Waals surface area contributed by atoms with Crippen LogP contribution in [0.15, 0.2) is 25.0 Å². The van der Waals surface area contributed by atoms with Crippen LogP contribution in [-0.4, -0.2) is 14.9 Å². The largest absolute Gasteiger partial charge is 0.505 e. The van der Waals surface area contributed by atoms with Crippen molar-refractivity contribution < 1.29 is 5.11 Å². The lowest BCUT2D eigenvalue weighted by Gasteiger charge is -1.96. The van der Waals surface area contributed by atoms with Crippen LogP contribution in [0.2, 0.25) is 0 Å². The Morgan fingerprint density at radius 3 is 3.09 bits per heavy atom. The summed E-state index contributed by atoms with van der Waals surface area (Å²) in [6.45, 7) is 4.46. The molecule has 0 spiro atoms. The number of allylic oxidation sites excluding steroid dienone is 1. The molecule has 1 aromatic rings. The number of hydrogen-bond acceptors (Lipinski definition) is 2. The van der Waals surface area contributed by atoms with Gasteiger partial charge < -0.3 is 5.11 Å². The van der Waals surface area contributed by atoms with Crippen LogP contribution in [0.3, 0.4) is 0 Å². The molecule has 3 heteroatoms. The Balaban J connectivity index is 2.32. The lowest BCUT2D eigenvalue weighted by Crippen LogP contribution is -1.96. The lowest BCUT2D eigenvalue weighted by atomic mass is 10.3. The molecule has 1 aromatic heterocycles. The molecule has 0 radical (unpaired) electrons. The predicted molar refractivity (Wildman–Crippen MR) is 43.3 cm³/mol. The first-order chi connectivity index (χ1) is 5.33. The zero-order chi connectivity index (χ0) is 8.10. The van der Waals surface area contributed by atoms with Crippen LogP contribution >= 0.6 is 0 Å². The second-order valence-electron chi connectivity index (χ2n) is 2.39. The van der Waals surface area contributed by atoms with Gasteiger partial charge in [0.15, 0.2) is 5.75 Å². The number of unbranched alkanes of at least 4 members (excludes halogenated alkanes) is 1. The van der Waals surface area contributed by atoms with Gasteiger partial charge in [0.05, 0.1) is 12.4 Å². The highest BCUT2D eigenvalue weighted by atomic mass is 16.3. The fourth-order valence-corrected chi connectivity index (χ4v) is 0.873. The first kappa shape index (κ1) is 7.85. The van der Waals surface area contributed by atoms with Crippen molar-refractivity contribution in [2.45, 2.75) is 19.4 Å². The standard InChI is InChI=1S/C8H12N2O/c1-2-3-4-5-10-7-8(11)6-9-10/h2,6-7,11H,1,3-5H2. The van der Waals surface area contributed by atoms with E-state index < -0.39 is 0 Å². The van der Waals surface area contributed by atoms with E-state index >= 15 is 0 Å². The summed E-state index contributed by atoms with van der Waals surface area (Å²) in [6, 6.07) is 0. The maximum atomic E-state index is 8.91. The highest BCUT2D eigenvalue weighted by Crippen LogP contribution is 2.05. The number of aryl methyl sites for hydroxylation is 1. The predicted octanol–water partition coefficient (Wildman–Crippen LogP) is 1.55. The van der Waals surface area contributed by atoms with E-state index in [9.17, 15) is 0 Å². The van der Waals surface area contributed by atoms with Crippen molar-refractivity contribution in [1.82, 2.24) is 9.78 Å². The number of aromatic nitrogens is 2. The van der Waals surface area contributed by atoms with Crippen molar-refractivity contribution in [3.8, 4) is 5.75 Å². The number of rotatable bonds is 4. The highest BCUT2D eigenvalue weighted by Gasteiger charge is 1.93. The molecule has 1 rings (SSSR count). The van der Waals surface area contributed by atoms with Gasteiger partial charge >= 0.3 is 0 Å². The summed E-state index contributed by atoms with van der Waals surface area (Å²) in [5, 5.41) is 12.8. The molecule has 0 saturated carbocycles. The van der Waals surface area contributed by atoms with E-state index in [-0.39, 0.29) is 5.75 Å². The molecule has 0 aliphatic heterocycles.